The fourth-order valence-electron chi connectivity index (χ4n) is 0.557. The molecule has 0 atom stereocenters. The molecule has 78 valence electrons. The van der Waals surface area contributed by atoms with E-state index in [9.17, 15) is 9.59 Å². The van der Waals surface area contributed by atoms with Crippen LogP contribution in [0.15, 0.2) is 28.1 Å². The summed E-state index contributed by atoms with van der Waals surface area (Å²) in [6.45, 7) is 2.98. The highest BCUT2D eigenvalue weighted by molar-refractivity contribution is 5.78. The molecule has 0 fully saturated rings. The van der Waals surface area contributed by atoms with E-state index in [1.807, 2.05) is 0 Å². The van der Waals surface area contributed by atoms with Crippen molar-refractivity contribution in [2.75, 3.05) is 6.61 Å². The lowest BCUT2D eigenvalue weighted by atomic mass is 10.4. The van der Waals surface area contributed by atoms with Gasteiger partial charge in [-0.3, -0.25) is 4.98 Å². The number of aliphatic hydroxyl groups is 1. The van der Waals surface area contributed by atoms with Gasteiger partial charge in [-0.25, -0.2) is 9.59 Å². The molecule has 0 saturated carbocycles. The topological polar surface area (TPSA) is 104 Å². The molecule has 1 rings (SSSR count). The minimum absolute atomic E-state index is 0.0233. The van der Waals surface area contributed by atoms with Crippen LogP contribution in [0, 0.1) is 0 Å². The first-order valence-corrected chi connectivity index (χ1v) is 3.73. The molecule has 6 heteroatoms. The Kier molecular flexibility index (Phi) is 5.80. The number of hydrogen-bond acceptors (Lipinski definition) is 4. The predicted octanol–water partition coefficient (Wildman–Crippen LogP) is -0.240. The Morgan fingerprint density at radius 1 is 1.71 bits per heavy atom. The van der Waals surface area contributed by atoms with Gasteiger partial charge in [0.2, 0.25) is 0 Å². The molecule has 0 aliphatic carbocycles. The van der Waals surface area contributed by atoms with E-state index in [2.05, 4.69) is 16.0 Å². The average molecular weight is 201 g/mol. The third-order valence-electron chi connectivity index (χ3n) is 1.13. The number of carbonyl (C=O) groups is 1. The summed E-state index contributed by atoms with van der Waals surface area (Å²) in [6.07, 6.45) is 2.57. The number of nitrogens with one attached hydrogen (secondary N) is 1. The Labute approximate surface area is 79.5 Å². The van der Waals surface area contributed by atoms with Crippen LogP contribution in [0.3, 0.4) is 0 Å². The molecule has 1 heterocycles. The molecule has 0 saturated heterocycles. The van der Waals surface area contributed by atoms with Crippen LogP contribution >= 0.6 is 0 Å². The van der Waals surface area contributed by atoms with Crippen molar-refractivity contribution in [2.24, 2.45) is 0 Å². The maximum Gasteiger partial charge on any atom is 0.416 e. The molecule has 6 nitrogen and oxygen atoms in total. The summed E-state index contributed by atoms with van der Waals surface area (Å²) in [5.41, 5.74) is 0.627. The van der Waals surface area contributed by atoms with Gasteiger partial charge in [-0.1, -0.05) is 6.58 Å². The molecule has 0 radical (unpaired) electrons. The molecule has 0 amide bonds. The van der Waals surface area contributed by atoms with Gasteiger partial charge >= 0.3 is 11.7 Å². The number of carboxylic acids is 1. The van der Waals surface area contributed by atoms with Crippen LogP contribution < -0.4 is 5.76 Å². The Bertz CT molecular complexity index is 338. The van der Waals surface area contributed by atoms with Crippen LogP contribution in [0.1, 0.15) is 5.69 Å². The smallest absolute Gasteiger partial charge is 0.416 e. The minimum atomic E-state index is -0.981. The SMILES string of the molecule is C=CC(=O)O.O=c1[nH]c(CCO)co1. The van der Waals surface area contributed by atoms with Crippen LogP contribution in [0.2, 0.25) is 0 Å². The number of hydrogen-bond donors (Lipinski definition) is 3. The van der Waals surface area contributed by atoms with Crippen LogP contribution in [0.4, 0.5) is 0 Å². The summed E-state index contributed by atoms with van der Waals surface area (Å²) in [7, 11) is 0. The quantitative estimate of drug-likeness (QED) is 0.585. The molecule has 0 bridgehead atoms. The van der Waals surface area contributed by atoms with Crippen LogP contribution in [-0.2, 0) is 11.2 Å². The number of rotatable bonds is 3. The average Bonchev–Trinajstić information content (AvgIpc) is 2.53. The monoisotopic (exact) mass is 201 g/mol. The second kappa shape index (κ2) is 6.67. The molecule has 3 N–H and O–H groups in total. The van der Waals surface area contributed by atoms with Gasteiger partial charge in [-0.2, -0.15) is 0 Å². The second-order valence-corrected chi connectivity index (χ2v) is 2.19. The fourth-order valence-corrected chi connectivity index (χ4v) is 0.557. The van der Waals surface area contributed by atoms with Crippen molar-refractivity contribution in [1.82, 2.24) is 4.98 Å². The van der Waals surface area contributed by atoms with E-state index >= 15 is 0 Å². The maximum absolute atomic E-state index is 10.3. The Hall–Kier alpha value is -1.82. The van der Waals surface area contributed by atoms with Crippen molar-refractivity contribution >= 4 is 5.97 Å². The molecule has 0 aromatic carbocycles. The van der Waals surface area contributed by atoms with E-state index in [4.69, 9.17) is 10.2 Å². The molecule has 14 heavy (non-hydrogen) atoms. The predicted molar refractivity (Wildman–Crippen MR) is 48.0 cm³/mol. The number of H-pyrrole nitrogens is 1. The molecular formula is C8H11NO5. The van der Waals surface area contributed by atoms with Gasteiger partial charge in [0.05, 0.1) is 5.69 Å². The van der Waals surface area contributed by atoms with Crippen molar-refractivity contribution in [3.63, 3.8) is 0 Å². The standard InChI is InChI=1S/C5H7NO3.C3H4O2/c7-2-1-4-3-9-5(8)6-4;1-2-3(4)5/h3,7H,1-2H2,(H,6,8);2H,1H2,(H,4,5). The summed E-state index contributed by atoms with van der Waals surface area (Å²) in [5, 5.41) is 16.0. The molecule has 0 unspecified atom stereocenters. The lowest BCUT2D eigenvalue weighted by molar-refractivity contribution is -0.131. The van der Waals surface area contributed by atoms with Gasteiger partial charge < -0.3 is 14.6 Å². The lowest BCUT2D eigenvalue weighted by Gasteiger charge is -1.84. The van der Waals surface area contributed by atoms with Gasteiger partial charge in [-0.05, 0) is 0 Å². The molecule has 0 aliphatic rings. The van der Waals surface area contributed by atoms with Crippen molar-refractivity contribution in [3.8, 4) is 0 Å². The van der Waals surface area contributed by atoms with Crippen molar-refractivity contribution in [1.29, 1.82) is 0 Å². The van der Waals surface area contributed by atoms with E-state index < -0.39 is 11.7 Å². The first kappa shape index (κ1) is 12.2. The van der Waals surface area contributed by atoms with Crippen molar-refractivity contribution in [3.05, 3.63) is 35.2 Å². The minimum Gasteiger partial charge on any atom is -0.478 e. The van der Waals surface area contributed by atoms with Crippen molar-refractivity contribution < 1.29 is 19.4 Å². The zero-order valence-corrected chi connectivity index (χ0v) is 7.40. The van der Waals surface area contributed by atoms with Gasteiger partial charge in [0.15, 0.2) is 0 Å². The summed E-state index contributed by atoms with van der Waals surface area (Å²) < 4.78 is 4.39. The highest BCUT2D eigenvalue weighted by atomic mass is 16.4. The van der Waals surface area contributed by atoms with Gasteiger partial charge in [0, 0.05) is 19.1 Å². The largest absolute Gasteiger partial charge is 0.478 e. The highest BCUT2D eigenvalue weighted by Gasteiger charge is 1.93. The Morgan fingerprint density at radius 2 is 2.29 bits per heavy atom. The number of oxazole rings is 1. The zero-order chi connectivity index (χ0) is 11.0. The van der Waals surface area contributed by atoms with E-state index in [-0.39, 0.29) is 6.61 Å². The van der Waals surface area contributed by atoms with E-state index in [1.54, 1.807) is 0 Å². The van der Waals surface area contributed by atoms with Gasteiger partial charge in [0.25, 0.3) is 0 Å². The fraction of sp³-hybridized carbons (Fsp3) is 0.250. The number of aliphatic hydroxyl groups excluding tert-OH is 1. The second-order valence-electron chi connectivity index (χ2n) is 2.19. The lowest BCUT2D eigenvalue weighted by Crippen LogP contribution is -1.98. The first-order chi connectivity index (χ1) is 6.60. The van der Waals surface area contributed by atoms with Crippen LogP contribution in [0.25, 0.3) is 0 Å². The van der Waals surface area contributed by atoms with Gasteiger partial charge in [0.1, 0.15) is 6.26 Å². The third kappa shape index (κ3) is 5.78. The van der Waals surface area contributed by atoms with E-state index in [1.165, 1.54) is 6.26 Å². The molecule has 1 aromatic heterocycles. The summed E-state index contributed by atoms with van der Waals surface area (Å²) >= 11 is 0. The summed E-state index contributed by atoms with van der Waals surface area (Å²) in [6, 6.07) is 0. The van der Waals surface area contributed by atoms with Gasteiger partial charge in [-0.15, -0.1) is 0 Å². The van der Waals surface area contributed by atoms with E-state index in [0.717, 1.165) is 6.08 Å². The van der Waals surface area contributed by atoms with Crippen LogP contribution in [-0.4, -0.2) is 27.8 Å². The third-order valence-corrected chi connectivity index (χ3v) is 1.13. The molecule has 0 spiro atoms. The molecule has 0 aliphatic heterocycles. The Morgan fingerprint density at radius 3 is 2.57 bits per heavy atom. The molecular weight excluding hydrogens is 190 g/mol. The summed E-state index contributed by atoms with van der Waals surface area (Å²) in [5.74, 6) is -1.46. The maximum atomic E-state index is 10.3. The normalized spacial score (nSPS) is 8.64. The zero-order valence-electron chi connectivity index (χ0n) is 7.40. The van der Waals surface area contributed by atoms with Crippen LogP contribution in [0.5, 0.6) is 0 Å². The van der Waals surface area contributed by atoms with Crippen molar-refractivity contribution in [2.45, 2.75) is 6.42 Å². The number of carboxylic acid groups (broad SMARTS) is 1. The number of aromatic amines is 1. The number of aliphatic carboxylic acids is 1. The summed E-state index contributed by atoms with van der Waals surface area (Å²) in [4.78, 5) is 21.9. The Balaban J connectivity index is 0.000000292. The highest BCUT2D eigenvalue weighted by Crippen LogP contribution is 1.88. The molecule has 1 aromatic rings. The number of aromatic nitrogens is 1. The van der Waals surface area contributed by atoms with E-state index in [0.29, 0.717) is 12.1 Å². The first-order valence-electron chi connectivity index (χ1n) is 3.73.